The van der Waals surface area contributed by atoms with Gasteiger partial charge in [0.15, 0.2) is 0 Å². The number of hydrogen-bond donors (Lipinski definition) is 1. The minimum atomic E-state index is 1.18. The first-order valence-electron chi connectivity index (χ1n) is 3.21. The van der Waals surface area contributed by atoms with Crippen molar-refractivity contribution in [2.45, 2.75) is 6.92 Å². The summed E-state index contributed by atoms with van der Waals surface area (Å²) in [6, 6.07) is 0. The van der Waals surface area contributed by atoms with Crippen LogP contribution in [0.15, 0.2) is 23.6 Å². The van der Waals surface area contributed by atoms with Crippen molar-refractivity contribution in [3.63, 3.8) is 0 Å². The first-order chi connectivity index (χ1) is 5.16. The molecule has 0 saturated carbocycles. The average molecular weight is 190 g/mol. The summed E-state index contributed by atoms with van der Waals surface area (Å²) < 4.78 is 0. The van der Waals surface area contributed by atoms with Crippen LogP contribution in [0.2, 0.25) is 0 Å². The highest BCUT2D eigenvalue weighted by Crippen LogP contribution is 2.20. The molecule has 0 aliphatic carbocycles. The summed E-state index contributed by atoms with van der Waals surface area (Å²) in [5.41, 5.74) is 1.18. The average Bonchev–Trinajstić information content (AvgIpc) is 1.97. The van der Waals surface area contributed by atoms with E-state index < -0.39 is 0 Å². The van der Waals surface area contributed by atoms with Gasteiger partial charge in [-0.05, 0) is 28.7 Å². The minimum absolute atomic E-state index is 1.18. The summed E-state index contributed by atoms with van der Waals surface area (Å²) in [7, 11) is 7.13. The fourth-order valence-electron chi connectivity index (χ4n) is 0.244. The van der Waals surface area contributed by atoms with Gasteiger partial charge in [-0.2, -0.15) is 4.83 Å². The molecule has 11 heavy (non-hydrogen) atoms. The lowest BCUT2D eigenvalue weighted by atomic mass is 10.4. The van der Waals surface area contributed by atoms with E-state index in [1.165, 1.54) is 5.57 Å². The molecule has 0 radical (unpaired) electrons. The third-order valence-electron chi connectivity index (χ3n) is 0.824. The molecule has 4 heteroatoms. The van der Waals surface area contributed by atoms with Crippen LogP contribution in [0.5, 0.6) is 0 Å². The van der Waals surface area contributed by atoms with Gasteiger partial charge in [-0.15, -0.1) is 0 Å². The normalized spacial score (nSPS) is 12.2. The minimum Gasteiger partial charge on any atom is -0.240 e. The molecule has 0 atom stereocenters. The van der Waals surface area contributed by atoms with E-state index >= 15 is 0 Å². The van der Waals surface area contributed by atoms with E-state index in [9.17, 15) is 0 Å². The van der Waals surface area contributed by atoms with Crippen molar-refractivity contribution >= 4 is 21.8 Å². The van der Waals surface area contributed by atoms with Crippen LogP contribution in [0.3, 0.4) is 0 Å². The highest BCUT2D eigenvalue weighted by molar-refractivity contribution is 8.77. The fraction of sp³-hybridized carbons (Fsp3) is 0.429. The lowest BCUT2D eigenvalue weighted by Gasteiger charge is -2.07. The second-order valence-corrected chi connectivity index (χ2v) is 4.09. The maximum Gasteiger partial charge on any atom is 0.00851 e. The lowest BCUT2D eigenvalue weighted by molar-refractivity contribution is 0.387. The molecule has 0 aliphatic rings. The van der Waals surface area contributed by atoms with Crippen molar-refractivity contribution in [3.8, 4) is 0 Å². The Balaban J connectivity index is 3.33. The van der Waals surface area contributed by atoms with E-state index in [-0.39, 0.29) is 0 Å². The van der Waals surface area contributed by atoms with E-state index in [2.05, 4.69) is 11.4 Å². The van der Waals surface area contributed by atoms with Crippen LogP contribution < -0.4 is 4.83 Å². The maximum atomic E-state index is 3.65. The summed E-state index contributed by atoms with van der Waals surface area (Å²) in [5, 5.41) is 3.95. The first-order valence-corrected chi connectivity index (χ1v) is 5.42. The Kier molecular flexibility index (Phi) is 6.85. The number of hydrazine groups is 1. The van der Waals surface area contributed by atoms with Gasteiger partial charge >= 0.3 is 0 Å². The van der Waals surface area contributed by atoms with Crippen molar-refractivity contribution in [2.24, 2.45) is 0 Å². The summed E-state index contributed by atoms with van der Waals surface area (Å²) in [6.07, 6.45) is 1.84. The molecule has 2 nitrogen and oxygen atoms in total. The summed E-state index contributed by atoms with van der Waals surface area (Å²) in [6.45, 7) is 5.68. The van der Waals surface area contributed by atoms with Crippen LogP contribution in [-0.4, -0.2) is 19.1 Å². The van der Waals surface area contributed by atoms with E-state index in [1.807, 2.05) is 37.5 Å². The summed E-state index contributed by atoms with van der Waals surface area (Å²) in [5.74, 6) is 0. The standard InChI is InChI=1S/C7H14N2S2/c1-5-7(2)6-10-11-8-9(3)4/h5-6,8H,1H2,2-4H3/b7-6+. The molecule has 0 fully saturated rings. The molecule has 0 rings (SSSR count). The van der Waals surface area contributed by atoms with Crippen molar-refractivity contribution < 1.29 is 0 Å². The van der Waals surface area contributed by atoms with E-state index in [0.29, 0.717) is 0 Å². The summed E-state index contributed by atoms with van der Waals surface area (Å²) in [4.78, 5) is 3.06. The second-order valence-electron chi connectivity index (χ2n) is 2.23. The van der Waals surface area contributed by atoms with Crippen molar-refractivity contribution in [1.29, 1.82) is 0 Å². The van der Waals surface area contributed by atoms with Crippen LogP contribution in [0.4, 0.5) is 0 Å². The van der Waals surface area contributed by atoms with Crippen LogP contribution in [0.25, 0.3) is 0 Å². The Morgan fingerprint density at radius 3 is 2.64 bits per heavy atom. The Labute approximate surface area is 76.6 Å². The number of allylic oxidation sites excluding steroid dienone is 2. The third-order valence-corrected chi connectivity index (χ3v) is 2.63. The van der Waals surface area contributed by atoms with Crippen molar-refractivity contribution in [2.75, 3.05) is 14.1 Å². The smallest absolute Gasteiger partial charge is 0.00851 e. The predicted molar refractivity (Wildman–Crippen MR) is 56.0 cm³/mol. The predicted octanol–water partition coefficient (Wildman–Crippen LogP) is 2.44. The molecule has 0 unspecified atom stereocenters. The number of nitrogens with zero attached hydrogens (tertiary/aromatic N) is 1. The molecule has 1 N–H and O–H groups in total. The van der Waals surface area contributed by atoms with Gasteiger partial charge in [0.25, 0.3) is 0 Å². The quantitative estimate of drug-likeness (QED) is 0.235. The van der Waals surface area contributed by atoms with Crippen molar-refractivity contribution in [3.05, 3.63) is 23.6 Å². The number of nitrogens with one attached hydrogen (secondary N) is 1. The van der Waals surface area contributed by atoms with E-state index in [1.54, 1.807) is 21.8 Å². The van der Waals surface area contributed by atoms with Crippen LogP contribution in [0.1, 0.15) is 6.92 Å². The Hall–Kier alpha value is 0.1000. The zero-order valence-corrected chi connectivity index (χ0v) is 8.76. The lowest BCUT2D eigenvalue weighted by Crippen LogP contribution is -2.22. The molecule has 0 aliphatic heterocycles. The molecule has 0 amide bonds. The fourth-order valence-corrected chi connectivity index (χ4v) is 1.91. The third kappa shape index (κ3) is 8.00. The molecule has 0 saturated heterocycles. The Morgan fingerprint density at radius 2 is 2.18 bits per heavy atom. The Morgan fingerprint density at radius 1 is 1.55 bits per heavy atom. The molecule has 0 spiro atoms. The molecule has 0 aromatic heterocycles. The highest BCUT2D eigenvalue weighted by atomic mass is 33.1. The molecular formula is C7H14N2S2. The van der Waals surface area contributed by atoms with Crippen LogP contribution in [-0.2, 0) is 0 Å². The highest BCUT2D eigenvalue weighted by Gasteiger charge is 1.87. The molecule has 0 bridgehead atoms. The van der Waals surface area contributed by atoms with Gasteiger partial charge in [0, 0.05) is 25.1 Å². The molecule has 64 valence electrons. The van der Waals surface area contributed by atoms with Crippen LogP contribution >= 0.6 is 21.8 Å². The van der Waals surface area contributed by atoms with Gasteiger partial charge in [0.2, 0.25) is 0 Å². The first kappa shape index (κ1) is 11.1. The number of rotatable bonds is 5. The van der Waals surface area contributed by atoms with Crippen molar-refractivity contribution in [1.82, 2.24) is 9.84 Å². The molecule has 0 heterocycles. The molecule has 0 aromatic rings. The van der Waals surface area contributed by atoms with Gasteiger partial charge in [0.05, 0.1) is 0 Å². The van der Waals surface area contributed by atoms with Gasteiger partial charge < -0.3 is 0 Å². The zero-order valence-electron chi connectivity index (χ0n) is 7.13. The second kappa shape index (κ2) is 6.79. The monoisotopic (exact) mass is 190 g/mol. The largest absolute Gasteiger partial charge is 0.240 e. The van der Waals surface area contributed by atoms with Gasteiger partial charge in [-0.1, -0.05) is 12.7 Å². The molecular weight excluding hydrogens is 176 g/mol. The van der Waals surface area contributed by atoms with E-state index in [0.717, 1.165) is 0 Å². The van der Waals surface area contributed by atoms with Gasteiger partial charge in [-0.3, -0.25) is 0 Å². The summed E-state index contributed by atoms with van der Waals surface area (Å²) >= 11 is 0. The van der Waals surface area contributed by atoms with Gasteiger partial charge in [0.1, 0.15) is 0 Å². The van der Waals surface area contributed by atoms with Gasteiger partial charge in [-0.25, -0.2) is 5.01 Å². The Bertz CT molecular complexity index is 143. The zero-order chi connectivity index (χ0) is 8.69. The topological polar surface area (TPSA) is 15.3 Å². The maximum absolute atomic E-state index is 3.65. The van der Waals surface area contributed by atoms with Crippen LogP contribution in [0, 0.1) is 0 Å². The number of hydrogen-bond acceptors (Lipinski definition) is 4. The molecule has 0 aromatic carbocycles. The van der Waals surface area contributed by atoms with E-state index in [4.69, 9.17) is 0 Å². The SMILES string of the molecule is C=C/C(C)=C/SSNN(C)C.